The number of hydrogen-bond acceptors (Lipinski definition) is 8. The highest BCUT2D eigenvalue weighted by molar-refractivity contribution is 7.99. The van der Waals surface area contributed by atoms with E-state index in [1.165, 1.54) is 11.8 Å². The molecule has 0 radical (unpaired) electrons. The molecule has 1 fully saturated rings. The van der Waals surface area contributed by atoms with Crippen molar-refractivity contribution in [2.75, 3.05) is 44.6 Å². The SMILES string of the molecule is CCOC(=O)N1CCN(C(=O)c2ccc3c(c2)nc2n3C(CCCN=C(N)N)C(=O)Nc3ccc(Sc4ccccn4)cc3-2)CC1. The molecule has 3 amide bonds. The van der Waals surface area contributed by atoms with Crippen LogP contribution in [0.3, 0.4) is 0 Å². The number of imidazole rings is 1. The summed E-state index contributed by atoms with van der Waals surface area (Å²) in [6.45, 7) is 4.06. The fraction of sp³-hybridized carbons (Fsp3) is 0.312. The van der Waals surface area contributed by atoms with E-state index in [-0.39, 0.29) is 23.9 Å². The zero-order valence-electron chi connectivity index (χ0n) is 25.4. The van der Waals surface area contributed by atoms with Gasteiger partial charge in [0.05, 0.1) is 23.3 Å². The number of aliphatic imine (C=N–C) groups is 1. The Bertz CT molecular complexity index is 1800. The van der Waals surface area contributed by atoms with Crippen LogP contribution < -0.4 is 16.8 Å². The summed E-state index contributed by atoms with van der Waals surface area (Å²) in [5, 5.41) is 3.94. The molecule has 46 heavy (non-hydrogen) atoms. The van der Waals surface area contributed by atoms with Crippen LogP contribution in [0.15, 0.2) is 75.7 Å². The Morgan fingerprint density at radius 2 is 1.87 bits per heavy atom. The van der Waals surface area contributed by atoms with Gasteiger partial charge >= 0.3 is 6.09 Å². The van der Waals surface area contributed by atoms with Gasteiger partial charge in [-0.15, -0.1) is 0 Å². The van der Waals surface area contributed by atoms with Crippen LogP contribution in [0.25, 0.3) is 22.4 Å². The van der Waals surface area contributed by atoms with Crippen molar-refractivity contribution in [2.45, 2.75) is 35.7 Å². The molecule has 1 unspecified atom stereocenters. The van der Waals surface area contributed by atoms with Crippen molar-refractivity contribution in [3.8, 4) is 11.4 Å². The first kappa shape index (κ1) is 30.9. The molecule has 4 heterocycles. The Kier molecular flexibility index (Phi) is 9.06. The maximum Gasteiger partial charge on any atom is 0.409 e. The first-order chi connectivity index (χ1) is 22.3. The van der Waals surface area contributed by atoms with E-state index >= 15 is 0 Å². The van der Waals surface area contributed by atoms with Crippen molar-refractivity contribution in [3.05, 3.63) is 66.4 Å². The standard InChI is InChI=1S/C32H35N9O4S/c1-2-45-32(44)40-16-14-39(15-17-40)30(43)20-8-11-25-24(18-20)37-28-22-19-21(46-27-7-3-4-12-35-27)9-10-23(22)38-29(42)26(41(25)28)6-5-13-36-31(33)34/h3-4,7-12,18-19,26H,2,5-6,13-17H2,1H3,(H,38,42)(H4,33,34,36). The molecule has 5 N–H and O–H groups in total. The molecule has 238 valence electrons. The maximum atomic E-state index is 13.7. The van der Waals surface area contributed by atoms with Crippen molar-refractivity contribution >= 4 is 52.3 Å². The predicted octanol–water partition coefficient (Wildman–Crippen LogP) is 3.71. The van der Waals surface area contributed by atoms with Crippen LogP contribution in [0, 0.1) is 0 Å². The lowest BCUT2D eigenvalue weighted by Crippen LogP contribution is -2.50. The van der Waals surface area contributed by atoms with Crippen molar-refractivity contribution in [3.63, 3.8) is 0 Å². The van der Waals surface area contributed by atoms with E-state index in [1.807, 2.05) is 47.0 Å². The quantitative estimate of drug-likeness (QED) is 0.147. The van der Waals surface area contributed by atoms with Crippen LogP contribution in [0.4, 0.5) is 10.5 Å². The molecule has 14 heteroatoms. The van der Waals surface area contributed by atoms with Crippen LogP contribution in [-0.2, 0) is 9.53 Å². The van der Waals surface area contributed by atoms with Gasteiger partial charge in [0.1, 0.15) is 16.9 Å². The van der Waals surface area contributed by atoms with Gasteiger partial charge in [0.2, 0.25) is 5.91 Å². The summed E-state index contributed by atoms with van der Waals surface area (Å²) >= 11 is 1.51. The fourth-order valence-electron chi connectivity index (χ4n) is 5.72. The molecule has 6 rings (SSSR count). The lowest BCUT2D eigenvalue weighted by molar-refractivity contribution is -0.119. The fourth-order valence-corrected chi connectivity index (χ4v) is 6.54. The summed E-state index contributed by atoms with van der Waals surface area (Å²) in [4.78, 5) is 57.2. The molecule has 2 aromatic heterocycles. The van der Waals surface area contributed by atoms with Gasteiger partial charge in [-0.3, -0.25) is 14.6 Å². The first-order valence-electron chi connectivity index (χ1n) is 15.1. The van der Waals surface area contributed by atoms with Crippen LogP contribution in [-0.4, -0.2) is 87.5 Å². The number of rotatable bonds is 8. The number of aromatic nitrogens is 3. The minimum atomic E-state index is -0.592. The molecule has 1 saturated heterocycles. The van der Waals surface area contributed by atoms with Crippen molar-refractivity contribution in [1.82, 2.24) is 24.3 Å². The third kappa shape index (κ3) is 6.47. The number of hydrogen-bond donors (Lipinski definition) is 3. The largest absolute Gasteiger partial charge is 0.450 e. The summed E-state index contributed by atoms with van der Waals surface area (Å²) < 4.78 is 7.05. The zero-order valence-corrected chi connectivity index (χ0v) is 26.2. The number of ether oxygens (including phenoxy) is 1. The van der Waals surface area contributed by atoms with E-state index in [9.17, 15) is 14.4 Å². The van der Waals surface area contributed by atoms with Crippen LogP contribution in [0.5, 0.6) is 0 Å². The number of piperazine rings is 1. The summed E-state index contributed by atoms with van der Waals surface area (Å²) in [5.74, 6) is 0.304. The number of fused-ring (bicyclic) bond motifs is 5. The Hall–Kier alpha value is -5.11. The first-order valence-corrected chi connectivity index (χ1v) is 16.0. The molecule has 0 saturated carbocycles. The molecule has 4 aromatic rings. The minimum Gasteiger partial charge on any atom is -0.450 e. The van der Waals surface area contributed by atoms with E-state index in [2.05, 4.69) is 15.3 Å². The molecular weight excluding hydrogens is 606 g/mol. The number of benzene rings is 2. The number of nitrogens with two attached hydrogens (primary N) is 2. The van der Waals surface area contributed by atoms with Gasteiger partial charge < -0.3 is 35.9 Å². The Morgan fingerprint density at radius 1 is 1.07 bits per heavy atom. The normalized spacial score (nSPS) is 15.8. The summed E-state index contributed by atoms with van der Waals surface area (Å²) in [6.07, 6.45) is 2.42. The van der Waals surface area contributed by atoms with Gasteiger partial charge in [-0.2, -0.15) is 0 Å². The van der Waals surface area contributed by atoms with Gasteiger partial charge in [0.25, 0.3) is 5.91 Å². The number of amides is 3. The minimum absolute atomic E-state index is 0.00364. The third-order valence-electron chi connectivity index (χ3n) is 7.92. The monoisotopic (exact) mass is 641 g/mol. The second kappa shape index (κ2) is 13.5. The van der Waals surface area contributed by atoms with E-state index in [4.69, 9.17) is 21.2 Å². The molecule has 0 bridgehead atoms. The van der Waals surface area contributed by atoms with Crippen LogP contribution >= 0.6 is 11.8 Å². The highest BCUT2D eigenvalue weighted by Crippen LogP contribution is 2.40. The number of guanidine groups is 1. The lowest BCUT2D eigenvalue weighted by atomic mass is 10.1. The topological polar surface area (TPSA) is 174 Å². The highest BCUT2D eigenvalue weighted by atomic mass is 32.2. The number of carbonyl (C=O) groups is 3. The number of carbonyl (C=O) groups excluding carboxylic acids is 3. The van der Waals surface area contributed by atoms with Crippen LogP contribution in [0.2, 0.25) is 0 Å². The van der Waals surface area contributed by atoms with E-state index in [0.29, 0.717) is 74.8 Å². The lowest BCUT2D eigenvalue weighted by Gasteiger charge is -2.34. The summed E-state index contributed by atoms with van der Waals surface area (Å²) in [7, 11) is 0. The number of pyridine rings is 1. The number of anilines is 1. The number of nitrogens with zero attached hydrogens (tertiary/aromatic N) is 6. The summed E-state index contributed by atoms with van der Waals surface area (Å²) in [5.41, 5.74) is 14.3. The Labute approximate surface area is 270 Å². The molecule has 2 aromatic carbocycles. The molecule has 0 aliphatic carbocycles. The van der Waals surface area contributed by atoms with E-state index in [1.54, 1.807) is 35.1 Å². The van der Waals surface area contributed by atoms with Gasteiger partial charge in [-0.25, -0.2) is 14.8 Å². The Balaban J connectivity index is 1.35. The molecule has 0 spiro atoms. The molecular formula is C32H35N9O4S. The van der Waals surface area contributed by atoms with E-state index < -0.39 is 6.04 Å². The Morgan fingerprint density at radius 3 is 2.61 bits per heavy atom. The average molecular weight is 642 g/mol. The smallest absolute Gasteiger partial charge is 0.409 e. The van der Waals surface area contributed by atoms with Gasteiger partial charge in [0.15, 0.2) is 5.96 Å². The van der Waals surface area contributed by atoms with E-state index in [0.717, 1.165) is 21.0 Å². The molecule has 1 atom stereocenters. The van der Waals surface area contributed by atoms with Crippen molar-refractivity contribution < 1.29 is 19.1 Å². The van der Waals surface area contributed by atoms with Gasteiger partial charge in [-0.1, -0.05) is 17.8 Å². The van der Waals surface area contributed by atoms with Crippen LogP contribution in [0.1, 0.15) is 36.2 Å². The third-order valence-corrected chi connectivity index (χ3v) is 8.86. The van der Waals surface area contributed by atoms with Gasteiger partial charge in [0, 0.05) is 54.9 Å². The zero-order chi connectivity index (χ0) is 32.2. The second-order valence-electron chi connectivity index (χ2n) is 10.9. The number of nitrogens with one attached hydrogen (secondary N) is 1. The molecule has 2 aliphatic heterocycles. The second-order valence-corrected chi connectivity index (χ2v) is 12.0. The van der Waals surface area contributed by atoms with Crippen molar-refractivity contribution in [1.29, 1.82) is 0 Å². The maximum absolute atomic E-state index is 13.7. The molecule has 13 nitrogen and oxygen atoms in total. The predicted molar refractivity (Wildman–Crippen MR) is 176 cm³/mol. The van der Waals surface area contributed by atoms with Crippen molar-refractivity contribution in [2.24, 2.45) is 16.5 Å². The highest BCUT2D eigenvalue weighted by Gasteiger charge is 2.32. The molecule has 2 aliphatic rings. The summed E-state index contributed by atoms with van der Waals surface area (Å²) in [6, 6.07) is 16.4. The van der Waals surface area contributed by atoms with Gasteiger partial charge in [-0.05, 0) is 68.3 Å². The average Bonchev–Trinajstić information content (AvgIpc) is 3.39.